The summed E-state index contributed by atoms with van der Waals surface area (Å²) in [5.41, 5.74) is -0.124. The lowest BCUT2D eigenvalue weighted by molar-refractivity contribution is -0.00545. The van der Waals surface area contributed by atoms with Crippen LogP contribution >= 0.6 is 0 Å². The van der Waals surface area contributed by atoms with Crippen molar-refractivity contribution >= 4 is 0 Å². The summed E-state index contributed by atoms with van der Waals surface area (Å²) in [5, 5.41) is 13.2. The average molecular weight is 208 g/mol. The van der Waals surface area contributed by atoms with E-state index in [4.69, 9.17) is 0 Å². The van der Waals surface area contributed by atoms with Crippen molar-refractivity contribution in [3.63, 3.8) is 0 Å². The summed E-state index contributed by atoms with van der Waals surface area (Å²) in [6.07, 6.45) is 1.77. The Bertz CT molecular complexity index is 301. The zero-order valence-electron chi connectivity index (χ0n) is 9.91. The van der Waals surface area contributed by atoms with E-state index in [2.05, 4.69) is 10.3 Å². The van der Waals surface area contributed by atoms with E-state index >= 15 is 0 Å². The first kappa shape index (κ1) is 12.1. The molecule has 0 amide bonds. The molecular formula is C12H20N2O. The quantitative estimate of drug-likeness (QED) is 0.792. The second kappa shape index (κ2) is 4.29. The fourth-order valence-corrected chi connectivity index (χ4v) is 1.03. The fourth-order valence-electron chi connectivity index (χ4n) is 1.03. The first-order valence-corrected chi connectivity index (χ1v) is 5.20. The summed E-state index contributed by atoms with van der Waals surface area (Å²) in [5.74, 6) is 0. The Labute approximate surface area is 91.5 Å². The number of hydrogen-bond acceptors (Lipinski definition) is 3. The lowest BCUT2D eigenvalue weighted by atomic mass is 9.86. The maximum Gasteiger partial charge on any atom is 0.0767 e. The van der Waals surface area contributed by atoms with Crippen LogP contribution < -0.4 is 5.32 Å². The van der Waals surface area contributed by atoms with Gasteiger partial charge in [0.2, 0.25) is 0 Å². The Hall–Kier alpha value is -0.930. The standard InChI is InChI=1S/C12H20N2O/c1-11(2,12(3,4)15)14-9-10-7-5-6-8-13-10/h5-8,14-15H,9H2,1-4H3. The molecule has 1 heterocycles. The number of nitrogens with zero attached hydrogens (tertiary/aromatic N) is 1. The van der Waals surface area contributed by atoms with Crippen molar-refractivity contribution in [2.45, 2.75) is 45.4 Å². The lowest BCUT2D eigenvalue weighted by Crippen LogP contribution is -2.55. The van der Waals surface area contributed by atoms with Crippen molar-refractivity contribution in [1.29, 1.82) is 0 Å². The molecule has 0 saturated heterocycles. The zero-order valence-corrected chi connectivity index (χ0v) is 9.91. The Balaban J connectivity index is 2.58. The minimum Gasteiger partial charge on any atom is -0.389 e. The van der Waals surface area contributed by atoms with Gasteiger partial charge in [-0.1, -0.05) is 6.07 Å². The first-order chi connectivity index (χ1) is 6.83. The van der Waals surface area contributed by atoms with Crippen LogP contribution in [0.3, 0.4) is 0 Å². The van der Waals surface area contributed by atoms with Gasteiger partial charge in [-0.2, -0.15) is 0 Å². The van der Waals surface area contributed by atoms with Crippen LogP contribution in [0.15, 0.2) is 24.4 Å². The highest BCUT2D eigenvalue weighted by Gasteiger charge is 2.34. The predicted molar refractivity (Wildman–Crippen MR) is 61.5 cm³/mol. The van der Waals surface area contributed by atoms with E-state index in [1.54, 1.807) is 20.0 Å². The molecule has 0 aromatic carbocycles. The van der Waals surface area contributed by atoms with Gasteiger partial charge in [-0.3, -0.25) is 4.98 Å². The summed E-state index contributed by atoms with van der Waals surface area (Å²) < 4.78 is 0. The maximum absolute atomic E-state index is 9.94. The molecule has 0 fully saturated rings. The number of pyridine rings is 1. The van der Waals surface area contributed by atoms with E-state index in [1.807, 2.05) is 32.0 Å². The van der Waals surface area contributed by atoms with Gasteiger partial charge in [-0.15, -0.1) is 0 Å². The maximum atomic E-state index is 9.94. The predicted octanol–water partition coefficient (Wildman–Crippen LogP) is 1.72. The molecule has 84 valence electrons. The van der Waals surface area contributed by atoms with E-state index < -0.39 is 5.60 Å². The number of aromatic nitrogens is 1. The van der Waals surface area contributed by atoms with Crippen molar-refractivity contribution in [3.05, 3.63) is 30.1 Å². The Kier molecular flexibility index (Phi) is 3.47. The van der Waals surface area contributed by atoms with Crippen LogP contribution in [0.5, 0.6) is 0 Å². The van der Waals surface area contributed by atoms with Gasteiger partial charge in [0.05, 0.1) is 11.3 Å². The molecule has 2 N–H and O–H groups in total. The minimum atomic E-state index is -0.762. The minimum absolute atomic E-state index is 0.343. The van der Waals surface area contributed by atoms with Crippen LogP contribution in [0.2, 0.25) is 0 Å². The van der Waals surface area contributed by atoms with Crippen molar-refractivity contribution < 1.29 is 5.11 Å². The highest BCUT2D eigenvalue weighted by molar-refractivity contribution is 5.04. The molecule has 0 bridgehead atoms. The fraction of sp³-hybridized carbons (Fsp3) is 0.583. The molecule has 0 saturated carbocycles. The van der Waals surface area contributed by atoms with Crippen LogP contribution in [0.1, 0.15) is 33.4 Å². The van der Waals surface area contributed by atoms with Gasteiger partial charge in [0.25, 0.3) is 0 Å². The SMILES string of the molecule is CC(C)(O)C(C)(C)NCc1ccccn1. The normalized spacial score (nSPS) is 12.9. The van der Waals surface area contributed by atoms with Crippen molar-refractivity contribution in [2.24, 2.45) is 0 Å². The molecular weight excluding hydrogens is 188 g/mol. The topological polar surface area (TPSA) is 45.1 Å². The molecule has 3 nitrogen and oxygen atoms in total. The second-order valence-corrected chi connectivity index (χ2v) is 4.86. The third-order valence-corrected chi connectivity index (χ3v) is 2.97. The molecule has 0 aliphatic carbocycles. The molecule has 0 spiro atoms. The molecule has 0 aliphatic rings. The Morgan fingerprint density at radius 3 is 2.40 bits per heavy atom. The van der Waals surface area contributed by atoms with Gasteiger partial charge in [-0.25, -0.2) is 0 Å². The average Bonchev–Trinajstić information content (AvgIpc) is 2.15. The third kappa shape index (κ3) is 3.29. The molecule has 1 aromatic rings. The van der Waals surface area contributed by atoms with Crippen molar-refractivity contribution in [1.82, 2.24) is 10.3 Å². The van der Waals surface area contributed by atoms with E-state index in [0.717, 1.165) is 5.69 Å². The smallest absolute Gasteiger partial charge is 0.0767 e. The largest absolute Gasteiger partial charge is 0.389 e. The summed E-state index contributed by atoms with van der Waals surface area (Å²) in [6, 6.07) is 5.82. The number of aliphatic hydroxyl groups is 1. The first-order valence-electron chi connectivity index (χ1n) is 5.20. The number of hydrogen-bond donors (Lipinski definition) is 2. The molecule has 0 radical (unpaired) electrons. The van der Waals surface area contributed by atoms with Crippen molar-refractivity contribution in [3.8, 4) is 0 Å². The highest BCUT2D eigenvalue weighted by atomic mass is 16.3. The van der Waals surface area contributed by atoms with Gasteiger partial charge < -0.3 is 10.4 Å². The molecule has 0 atom stereocenters. The summed E-state index contributed by atoms with van der Waals surface area (Å²) in [7, 11) is 0. The summed E-state index contributed by atoms with van der Waals surface area (Å²) in [6.45, 7) is 8.24. The highest BCUT2D eigenvalue weighted by Crippen LogP contribution is 2.20. The monoisotopic (exact) mass is 208 g/mol. The van der Waals surface area contributed by atoms with Gasteiger partial charge in [0.15, 0.2) is 0 Å². The molecule has 0 aliphatic heterocycles. The third-order valence-electron chi connectivity index (χ3n) is 2.97. The van der Waals surface area contributed by atoms with E-state index in [0.29, 0.717) is 6.54 Å². The van der Waals surface area contributed by atoms with E-state index in [-0.39, 0.29) is 5.54 Å². The van der Waals surface area contributed by atoms with Crippen LogP contribution in [-0.4, -0.2) is 21.2 Å². The van der Waals surface area contributed by atoms with Crippen LogP contribution in [0.25, 0.3) is 0 Å². The van der Waals surface area contributed by atoms with E-state index in [1.165, 1.54) is 0 Å². The molecule has 1 aromatic heterocycles. The zero-order chi connectivity index (χ0) is 11.5. The number of nitrogens with one attached hydrogen (secondary N) is 1. The van der Waals surface area contributed by atoms with Crippen LogP contribution in [-0.2, 0) is 6.54 Å². The van der Waals surface area contributed by atoms with Gasteiger partial charge in [0.1, 0.15) is 0 Å². The van der Waals surface area contributed by atoms with Crippen LogP contribution in [0.4, 0.5) is 0 Å². The van der Waals surface area contributed by atoms with Gasteiger partial charge in [-0.05, 0) is 39.8 Å². The molecule has 3 heteroatoms. The molecule has 1 rings (SSSR count). The Morgan fingerprint density at radius 1 is 1.27 bits per heavy atom. The van der Waals surface area contributed by atoms with E-state index in [9.17, 15) is 5.11 Å². The number of rotatable bonds is 4. The van der Waals surface area contributed by atoms with Gasteiger partial charge in [0, 0.05) is 18.3 Å². The molecule has 0 unspecified atom stereocenters. The van der Waals surface area contributed by atoms with Crippen LogP contribution in [0, 0.1) is 0 Å². The second-order valence-electron chi connectivity index (χ2n) is 4.86. The molecule has 15 heavy (non-hydrogen) atoms. The summed E-state index contributed by atoms with van der Waals surface area (Å²) >= 11 is 0. The Morgan fingerprint density at radius 2 is 1.93 bits per heavy atom. The lowest BCUT2D eigenvalue weighted by Gasteiger charge is -2.38. The van der Waals surface area contributed by atoms with Crippen molar-refractivity contribution in [2.75, 3.05) is 0 Å². The van der Waals surface area contributed by atoms with Gasteiger partial charge >= 0.3 is 0 Å². The summed E-state index contributed by atoms with van der Waals surface area (Å²) in [4.78, 5) is 4.22.